The van der Waals surface area contributed by atoms with Crippen LogP contribution in [0.2, 0.25) is 0 Å². The summed E-state index contributed by atoms with van der Waals surface area (Å²) in [5, 5.41) is 0. The molecule has 0 aliphatic carbocycles. The average Bonchev–Trinajstić information content (AvgIpc) is 2.12. The third-order valence-corrected chi connectivity index (χ3v) is 3.11. The Bertz CT molecular complexity index is 208. The van der Waals surface area contributed by atoms with Crippen LogP contribution < -0.4 is 0 Å². The van der Waals surface area contributed by atoms with Crippen molar-refractivity contribution < 1.29 is 9.22 Å². The van der Waals surface area contributed by atoms with Gasteiger partial charge in [-0.25, -0.2) is 0 Å². The first kappa shape index (κ1) is 16.7. The molecule has 0 unspecified atom stereocenters. The van der Waals surface area contributed by atoms with Gasteiger partial charge in [-0.1, -0.05) is 41.5 Å². The fraction of sp³-hybridized carbons (Fsp3) is 0.929. The Labute approximate surface area is 110 Å². The molecule has 0 amide bonds. The molecule has 99 valence electrons. The lowest BCUT2D eigenvalue weighted by molar-refractivity contribution is -0.149. The van der Waals surface area contributed by atoms with Gasteiger partial charge in [0.25, 0.3) is 5.97 Å². The lowest BCUT2D eigenvalue weighted by Crippen LogP contribution is -2.37. The Morgan fingerprint density at radius 2 is 1.24 bits per heavy atom. The predicted molar refractivity (Wildman–Crippen MR) is 72.6 cm³/mol. The molecule has 0 aromatic rings. The summed E-state index contributed by atoms with van der Waals surface area (Å²) in [6, 6.07) is 0. The maximum absolute atomic E-state index is 12.2. The summed E-state index contributed by atoms with van der Waals surface area (Å²) in [5.74, 6) is 1.39. The molecule has 0 bridgehead atoms. The van der Waals surface area contributed by atoms with Crippen LogP contribution in [0.3, 0.4) is 0 Å². The van der Waals surface area contributed by atoms with Gasteiger partial charge >= 0.3 is 10.5 Å². The van der Waals surface area contributed by atoms with Crippen molar-refractivity contribution in [2.24, 2.45) is 23.2 Å². The molecule has 2 nitrogen and oxygen atoms in total. The smallest absolute Gasteiger partial charge is 0.345 e. The maximum atomic E-state index is 12.2. The molecule has 0 spiro atoms. The summed E-state index contributed by atoms with van der Waals surface area (Å²) in [6.07, 6.45) is 2.69. The number of hydrogen-bond acceptors (Lipinski definition) is 2. The standard InChI is InChI=1S/C14H27O2Si/c1-10(2)7-14(8-11(3)4,9-12(5)6)13(15)16-17/h10-12H,7-9H2,1-6H3. The SMILES string of the molecule is CC(C)CC(CC(C)C)(CC(C)C)C(=O)O[Si]. The van der Waals surface area contributed by atoms with Crippen molar-refractivity contribution >= 4 is 16.5 Å². The second kappa shape index (κ2) is 7.19. The molecule has 0 aromatic heterocycles. The maximum Gasteiger partial charge on any atom is 0.345 e. The molecule has 3 radical (unpaired) electrons. The molecule has 0 aliphatic heterocycles. The Hall–Kier alpha value is -0.313. The van der Waals surface area contributed by atoms with Crippen molar-refractivity contribution in [3.63, 3.8) is 0 Å². The van der Waals surface area contributed by atoms with Gasteiger partial charge < -0.3 is 4.43 Å². The van der Waals surface area contributed by atoms with Gasteiger partial charge in [0.2, 0.25) is 0 Å². The van der Waals surface area contributed by atoms with Crippen LogP contribution in [0, 0.1) is 23.2 Å². The van der Waals surface area contributed by atoms with E-state index in [1.54, 1.807) is 0 Å². The lowest BCUT2D eigenvalue weighted by Gasteiger charge is -2.35. The lowest BCUT2D eigenvalue weighted by atomic mass is 9.69. The highest BCUT2D eigenvalue weighted by Crippen LogP contribution is 2.40. The largest absolute Gasteiger partial charge is 0.516 e. The van der Waals surface area contributed by atoms with Crippen molar-refractivity contribution in [2.45, 2.75) is 60.8 Å². The van der Waals surface area contributed by atoms with Crippen molar-refractivity contribution in [1.29, 1.82) is 0 Å². The first-order valence-electron chi connectivity index (χ1n) is 6.61. The number of hydrogen-bond donors (Lipinski definition) is 0. The van der Waals surface area contributed by atoms with Crippen LogP contribution in [-0.2, 0) is 9.22 Å². The molecule has 0 rings (SSSR count). The van der Waals surface area contributed by atoms with E-state index in [0.717, 1.165) is 19.3 Å². The van der Waals surface area contributed by atoms with E-state index in [1.807, 2.05) is 0 Å². The zero-order chi connectivity index (χ0) is 13.6. The van der Waals surface area contributed by atoms with Crippen molar-refractivity contribution in [3.05, 3.63) is 0 Å². The van der Waals surface area contributed by atoms with Crippen LogP contribution in [0.5, 0.6) is 0 Å². The van der Waals surface area contributed by atoms with Crippen LogP contribution in [0.25, 0.3) is 0 Å². The van der Waals surface area contributed by atoms with Crippen molar-refractivity contribution in [3.8, 4) is 0 Å². The summed E-state index contributed by atoms with van der Waals surface area (Å²) in [7, 11) is 2.92. The quantitative estimate of drug-likeness (QED) is 0.648. The van der Waals surface area contributed by atoms with Gasteiger partial charge in [0.05, 0.1) is 5.41 Å². The first-order valence-corrected chi connectivity index (χ1v) is 7.02. The van der Waals surface area contributed by atoms with E-state index in [-0.39, 0.29) is 11.4 Å². The highest BCUT2D eigenvalue weighted by atomic mass is 28.2. The summed E-state index contributed by atoms with van der Waals surface area (Å²) in [5.41, 5.74) is -0.335. The minimum atomic E-state index is -0.335. The summed E-state index contributed by atoms with van der Waals surface area (Å²) >= 11 is 0. The summed E-state index contributed by atoms with van der Waals surface area (Å²) < 4.78 is 4.88. The van der Waals surface area contributed by atoms with Gasteiger partial charge in [0.1, 0.15) is 0 Å². The third kappa shape index (κ3) is 5.71. The van der Waals surface area contributed by atoms with Gasteiger partial charge in [0, 0.05) is 0 Å². The molecule has 0 saturated carbocycles. The molecular weight excluding hydrogens is 228 g/mol. The van der Waals surface area contributed by atoms with Crippen LogP contribution >= 0.6 is 0 Å². The van der Waals surface area contributed by atoms with Gasteiger partial charge in [-0.15, -0.1) is 0 Å². The molecule has 0 aliphatic rings. The molecule has 3 heteroatoms. The zero-order valence-corrected chi connectivity index (χ0v) is 13.2. The van der Waals surface area contributed by atoms with E-state index in [1.165, 1.54) is 0 Å². The highest BCUT2D eigenvalue weighted by Gasteiger charge is 2.40. The second-order valence-corrected chi connectivity index (χ2v) is 6.67. The summed E-state index contributed by atoms with van der Waals surface area (Å²) in [6.45, 7) is 13.0. The van der Waals surface area contributed by atoms with Crippen LogP contribution in [0.15, 0.2) is 0 Å². The number of rotatable bonds is 7. The zero-order valence-electron chi connectivity index (χ0n) is 12.2. The molecule has 0 saturated heterocycles. The molecule has 0 heterocycles. The summed E-state index contributed by atoms with van der Waals surface area (Å²) in [4.78, 5) is 12.2. The fourth-order valence-corrected chi connectivity index (χ4v) is 3.17. The molecule has 17 heavy (non-hydrogen) atoms. The van der Waals surface area contributed by atoms with E-state index in [4.69, 9.17) is 4.43 Å². The van der Waals surface area contributed by atoms with Crippen LogP contribution in [0.1, 0.15) is 60.8 Å². The van der Waals surface area contributed by atoms with E-state index < -0.39 is 0 Å². The molecule has 0 atom stereocenters. The highest BCUT2D eigenvalue weighted by molar-refractivity contribution is 6.06. The van der Waals surface area contributed by atoms with Gasteiger partial charge in [-0.3, -0.25) is 4.79 Å². The van der Waals surface area contributed by atoms with E-state index in [0.29, 0.717) is 17.8 Å². The van der Waals surface area contributed by atoms with Crippen molar-refractivity contribution in [2.75, 3.05) is 0 Å². The minimum absolute atomic E-state index is 0.106. The molecular formula is C14H27O2Si. The Kier molecular flexibility index (Phi) is 7.06. The third-order valence-electron chi connectivity index (χ3n) is 2.92. The van der Waals surface area contributed by atoms with E-state index in [9.17, 15) is 4.79 Å². The average molecular weight is 255 g/mol. The first-order chi connectivity index (χ1) is 7.73. The molecule has 0 fully saturated rings. The predicted octanol–water partition coefficient (Wildman–Crippen LogP) is 3.74. The molecule has 0 N–H and O–H groups in total. The van der Waals surface area contributed by atoms with Crippen LogP contribution in [0.4, 0.5) is 0 Å². The topological polar surface area (TPSA) is 26.3 Å². The number of carbonyl (C=O) groups is 1. The van der Waals surface area contributed by atoms with Gasteiger partial charge in [0.15, 0.2) is 0 Å². The van der Waals surface area contributed by atoms with Crippen molar-refractivity contribution in [1.82, 2.24) is 0 Å². The van der Waals surface area contributed by atoms with Gasteiger partial charge in [-0.2, -0.15) is 0 Å². The Morgan fingerprint density at radius 3 is 1.41 bits per heavy atom. The Balaban J connectivity index is 5.11. The minimum Gasteiger partial charge on any atom is -0.516 e. The van der Waals surface area contributed by atoms with E-state index in [2.05, 4.69) is 52.0 Å². The monoisotopic (exact) mass is 255 g/mol. The van der Waals surface area contributed by atoms with E-state index >= 15 is 0 Å². The Morgan fingerprint density at radius 1 is 0.941 bits per heavy atom. The molecule has 0 aromatic carbocycles. The second-order valence-electron chi connectivity index (χ2n) is 6.46. The fourth-order valence-electron chi connectivity index (χ4n) is 2.95. The normalized spacial score (nSPS) is 12.6. The number of carbonyl (C=O) groups excluding carboxylic acids is 1. The van der Waals surface area contributed by atoms with Crippen LogP contribution in [-0.4, -0.2) is 16.5 Å². The van der Waals surface area contributed by atoms with Gasteiger partial charge in [-0.05, 0) is 37.0 Å².